The second-order valence-corrected chi connectivity index (χ2v) is 36.8. The summed E-state index contributed by atoms with van der Waals surface area (Å²) in [6.07, 6.45) is 67.4. The van der Waals surface area contributed by atoms with E-state index in [1.807, 2.05) is 0 Å². The zero-order valence-electron chi connectivity index (χ0n) is 85.5. The Balaban J connectivity index is 5.82. The molecule has 0 radical (unpaired) electrons. The molecule has 0 aromatic heterocycles. The van der Waals surface area contributed by atoms with Crippen molar-refractivity contribution < 1.29 is 95.3 Å². The van der Waals surface area contributed by atoms with Crippen molar-refractivity contribution in [1.82, 2.24) is 25.8 Å². The number of unbranched alkanes of at least 4 members (excludes halogenated alkanes) is 49. The minimum absolute atomic E-state index is 0.00577. The van der Waals surface area contributed by atoms with Crippen molar-refractivity contribution in [3.05, 3.63) is 0 Å². The van der Waals surface area contributed by atoms with E-state index in [0.29, 0.717) is 150 Å². The molecule has 0 spiro atoms. The molecule has 0 fully saturated rings. The van der Waals surface area contributed by atoms with Crippen LogP contribution in [0.25, 0.3) is 0 Å². The van der Waals surface area contributed by atoms with Crippen molar-refractivity contribution >= 4 is 59.2 Å². The first-order valence-electron chi connectivity index (χ1n) is 54.6. The molecule has 0 saturated heterocycles. The van der Waals surface area contributed by atoms with Crippen LogP contribution in [0.15, 0.2) is 0 Å². The Kier molecular flexibility index (Phi) is 98.9. The Morgan fingerprint density at radius 1 is 0.227 bits per heavy atom. The third-order valence-electron chi connectivity index (χ3n) is 24.5. The van der Waals surface area contributed by atoms with E-state index in [1.165, 1.54) is 244 Å². The normalized spacial score (nSPS) is 11.6. The first-order valence-corrected chi connectivity index (χ1v) is 54.6. The maximum absolute atomic E-state index is 14.0. The fraction of sp³-hybridized carbons (Fsp3) is 0.907. The largest absolute Gasteiger partial charge is 0.464 e. The summed E-state index contributed by atoms with van der Waals surface area (Å²) in [5, 5.41) is 8.84. The molecule has 774 valence electrons. The minimum atomic E-state index is -0.679. The van der Waals surface area contributed by atoms with E-state index in [-0.39, 0.29) is 163 Å². The first-order chi connectivity index (χ1) is 64.7. The van der Waals surface area contributed by atoms with E-state index < -0.39 is 5.92 Å². The topological polar surface area (TPSA) is 306 Å². The molecule has 0 bridgehead atoms. The predicted octanol–water partition coefficient (Wildman–Crippen LogP) is 23.1. The van der Waals surface area contributed by atoms with Crippen molar-refractivity contribution in [2.75, 3.05) is 152 Å². The SMILES string of the molecule is CCCCCCCCCCCCCCCC(=O)OCCN(CCOC(=O)CCCCCCCCCCCCCCC)C(=O)CCCC(=O)C[C@@H](CCCCNC(=O)CCCC(=O)N(CCOC(=O)CCCCCCCCCCCCCCC)CCOC(=O)CCCCCCCCCCCCCCC)C(=O)NCCCOCCOCCOCCCNC(=O)CCOCCOCCOC. The third-order valence-corrected chi connectivity index (χ3v) is 24.5. The molecule has 0 heterocycles. The van der Waals surface area contributed by atoms with Crippen LogP contribution < -0.4 is 16.0 Å². The highest BCUT2D eigenvalue weighted by Crippen LogP contribution is 2.22. The van der Waals surface area contributed by atoms with E-state index in [2.05, 4.69) is 43.6 Å². The molecule has 0 unspecified atom stereocenters. The molecule has 0 aromatic rings. The van der Waals surface area contributed by atoms with Gasteiger partial charge in [0.05, 0.1) is 85.6 Å². The molecular formula is C107H201N5O20. The van der Waals surface area contributed by atoms with Crippen molar-refractivity contribution in [2.24, 2.45) is 5.92 Å². The number of carbonyl (C=O) groups excluding carboxylic acids is 10. The molecule has 0 saturated carbocycles. The van der Waals surface area contributed by atoms with Crippen molar-refractivity contribution in [2.45, 2.75) is 471 Å². The van der Waals surface area contributed by atoms with Gasteiger partial charge in [0, 0.05) is 110 Å². The number of amides is 5. The summed E-state index contributed by atoms with van der Waals surface area (Å²) in [7, 11) is 1.62. The summed E-state index contributed by atoms with van der Waals surface area (Å²) >= 11 is 0. The quantitative estimate of drug-likeness (QED) is 0.0289. The van der Waals surface area contributed by atoms with Crippen molar-refractivity contribution in [3.63, 3.8) is 0 Å². The standard InChI is InChI=1S/C107H201N5O20/c1-6-10-14-18-22-26-30-34-38-42-46-50-54-69-103(118)129-84-77-111(78-85-130-104(119)70-55-51-47-43-39-35-31-27-23-19-15-11-7-2)101(116)67-60-65-98(113)96-97(107(122)110-76-63-82-125-91-94-128-93-90-124-81-62-75-109-100(115)73-83-126-92-95-127-89-88-123-5)64-58-59-74-108-99(114)66-61-68-102(117)112(79-86-131-105(120)71-56-52-48-44-40-36-32-28-24-20-16-12-8-3)80-87-132-106(121)72-57-53-49-45-41-37-33-29-25-21-17-13-9-4/h97H,6-96H2,1-5H3,(H,108,114)(H,109,115)(H,110,122)/t97-/m1/s1. The Morgan fingerprint density at radius 2 is 0.485 bits per heavy atom. The summed E-state index contributed by atoms with van der Waals surface area (Å²) in [6, 6.07) is 0. The van der Waals surface area contributed by atoms with E-state index in [4.69, 9.17) is 47.4 Å². The molecule has 25 nitrogen and oxygen atoms in total. The fourth-order valence-electron chi connectivity index (χ4n) is 16.1. The van der Waals surface area contributed by atoms with Crippen LogP contribution in [0.5, 0.6) is 0 Å². The number of rotatable bonds is 107. The minimum Gasteiger partial charge on any atom is -0.464 e. The zero-order chi connectivity index (χ0) is 96.0. The molecular weight excluding hydrogens is 1680 g/mol. The van der Waals surface area contributed by atoms with Gasteiger partial charge < -0.3 is 73.1 Å². The summed E-state index contributed by atoms with van der Waals surface area (Å²) in [5.41, 5.74) is 0. The molecule has 3 N–H and O–H groups in total. The molecule has 25 heteroatoms. The highest BCUT2D eigenvalue weighted by molar-refractivity contribution is 5.87. The number of ether oxygens (including phenoxy) is 10. The molecule has 0 aliphatic heterocycles. The van der Waals surface area contributed by atoms with E-state index in [1.54, 1.807) is 16.9 Å². The summed E-state index contributed by atoms with van der Waals surface area (Å²) in [4.78, 5) is 136. The number of esters is 4. The Hall–Kier alpha value is -5.34. The number of ketones is 1. The van der Waals surface area contributed by atoms with Crippen LogP contribution in [0, 0.1) is 5.92 Å². The van der Waals surface area contributed by atoms with Gasteiger partial charge >= 0.3 is 23.9 Å². The molecule has 1 atom stereocenters. The molecule has 0 rings (SSSR count). The van der Waals surface area contributed by atoms with Crippen LogP contribution in [0.3, 0.4) is 0 Å². The maximum Gasteiger partial charge on any atom is 0.305 e. The summed E-state index contributed by atoms with van der Waals surface area (Å²) < 4.78 is 55.4. The second kappa shape index (κ2) is 103. The van der Waals surface area contributed by atoms with Gasteiger partial charge in [0.1, 0.15) is 32.2 Å². The van der Waals surface area contributed by atoms with Crippen LogP contribution in [0.4, 0.5) is 0 Å². The molecule has 0 aromatic carbocycles. The Bertz CT molecular complexity index is 2550. The highest BCUT2D eigenvalue weighted by Gasteiger charge is 2.24. The lowest BCUT2D eigenvalue weighted by Gasteiger charge is -2.23. The average Bonchev–Trinajstić information content (AvgIpc) is 0.920. The molecule has 0 aliphatic carbocycles. The predicted molar refractivity (Wildman–Crippen MR) is 532 cm³/mol. The van der Waals surface area contributed by atoms with Crippen LogP contribution in [0.2, 0.25) is 0 Å². The van der Waals surface area contributed by atoms with E-state index in [9.17, 15) is 47.9 Å². The zero-order valence-corrected chi connectivity index (χ0v) is 85.5. The van der Waals surface area contributed by atoms with Gasteiger partial charge in [-0.3, -0.25) is 47.9 Å². The van der Waals surface area contributed by atoms with Crippen molar-refractivity contribution in [3.8, 4) is 0 Å². The number of methoxy groups -OCH3 is 1. The summed E-state index contributed by atoms with van der Waals surface area (Å²) in [6.45, 7) is 15.1. The van der Waals surface area contributed by atoms with Crippen LogP contribution in [-0.2, 0) is 95.3 Å². The van der Waals surface area contributed by atoms with Gasteiger partial charge in [0.25, 0.3) is 0 Å². The number of hydrogen-bond donors (Lipinski definition) is 3. The van der Waals surface area contributed by atoms with Gasteiger partial charge in [-0.1, -0.05) is 342 Å². The average molecular weight is 1880 g/mol. The van der Waals surface area contributed by atoms with Gasteiger partial charge in [0.2, 0.25) is 29.5 Å². The highest BCUT2D eigenvalue weighted by atomic mass is 16.6. The van der Waals surface area contributed by atoms with Crippen LogP contribution in [0.1, 0.15) is 471 Å². The first kappa shape index (κ1) is 127. The van der Waals surface area contributed by atoms with Gasteiger partial charge in [-0.2, -0.15) is 0 Å². The van der Waals surface area contributed by atoms with Gasteiger partial charge in [0.15, 0.2) is 0 Å². The van der Waals surface area contributed by atoms with Gasteiger partial charge in [-0.05, 0) is 64.2 Å². The Morgan fingerprint density at radius 3 is 0.795 bits per heavy atom. The fourth-order valence-corrected chi connectivity index (χ4v) is 16.1. The number of nitrogens with one attached hydrogen (secondary N) is 3. The smallest absolute Gasteiger partial charge is 0.305 e. The van der Waals surface area contributed by atoms with Crippen molar-refractivity contribution in [1.29, 1.82) is 0 Å². The lowest BCUT2D eigenvalue weighted by Crippen LogP contribution is -2.37. The lowest BCUT2D eigenvalue weighted by molar-refractivity contribution is -0.148. The number of Topliss-reactive ketones (excluding diaryl/α,β-unsaturated/α-hetero) is 1. The van der Waals surface area contributed by atoms with Crippen LogP contribution in [-0.4, -0.2) is 221 Å². The van der Waals surface area contributed by atoms with Gasteiger partial charge in [-0.15, -0.1) is 0 Å². The number of nitrogens with zero attached hydrogens (tertiary/aromatic N) is 2. The Labute approximate surface area is 804 Å². The molecule has 132 heavy (non-hydrogen) atoms. The molecule has 5 amide bonds. The van der Waals surface area contributed by atoms with E-state index >= 15 is 0 Å². The monoisotopic (exact) mass is 1880 g/mol. The number of carbonyl (C=O) groups is 10. The lowest BCUT2D eigenvalue weighted by atomic mass is 9.93. The maximum atomic E-state index is 14.0. The van der Waals surface area contributed by atoms with Crippen LogP contribution >= 0.6 is 0 Å². The summed E-state index contributed by atoms with van der Waals surface area (Å²) in [5.74, 6) is -3.15. The number of hydrogen-bond acceptors (Lipinski definition) is 20. The second-order valence-electron chi connectivity index (χ2n) is 36.8. The van der Waals surface area contributed by atoms with E-state index in [0.717, 1.165) is 89.9 Å². The molecule has 0 aliphatic rings. The third kappa shape index (κ3) is 93.7. The van der Waals surface area contributed by atoms with Gasteiger partial charge in [-0.25, -0.2) is 0 Å².